The van der Waals surface area contributed by atoms with Crippen LogP contribution < -0.4 is 10.6 Å². The zero-order valence-electron chi connectivity index (χ0n) is 7.72. The van der Waals surface area contributed by atoms with Crippen LogP contribution in [-0.4, -0.2) is 12.7 Å². The van der Waals surface area contributed by atoms with Crippen LogP contribution in [0.2, 0.25) is 0 Å². The molecule has 2 heterocycles. The largest absolute Gasteiger partial charge is 0.369 e. The molecular formula is C11H13N2. The van der Waals surface area contributed by atoms with Gasteiger partial charge >= 0.3 is 0 Å². The van der Waals surface area contributed by atoms with Crippen molar-refractivity contribution in [1.82, 2.24) is 5.32 Å². The molecule has 2 heteroatoms. The molecule has 1 aromatic carbocycles. The summed E-state index contributed by atoms with van der Waals surface area (Å²) in [5, 5.41) is 6.99. The Bertz CT molecular complexity index is 348. The van der Waals surface area contributed by atoms with Crippen molar-refractivity contribution in [1.29, 1.82) is 0 Å². The van der Waals surface area contributed by atoms with Crippen LogP contribution in [0.5, 0.6) is 0 Å². The monoisotopic (exact) mass is 173 g/mol. The Morgan fingerprint density at radius 2 is 2.54 bits per heavy atom. The average molecular weight is 173 g/mol. The Labute approximate surface area is 78.3 Å². The number of fused-ring (bicyclic) bond motifs is 3. The number of rotatable bonds is 0. The summed E-state index contributed by atoms with van der Waals surface area (Å²) in [5.41, 5.74) is 2.98. The van der Waals surface area contributed by atoms with E-state index in [1.54, 1.807) is 0 Å². The number of hydrogen-bond donors (Lipinski definition) is 2. The molecule has 67 valence electrons. The molecule has 2 atom stereocenters. The summed E-state index contributed by atoms with van der Waals surface area (Å²) in [7, 11) is 0. The summed E-state index contributed by atoms with van der Waals surface area (Å²) in [5.74, 6) is 0. The van der Waals surface area contributed by atoms with Crippen LogP contribution in [0.25, 0.3) is 0 Å². The summed E-state index contributed by atoms with van der Waals surface area (Å²) >= 11 is 0. The first kappa shape index (κ1) is 7.39. The smallest absolute Gasteiger partial charge is 0.0865 e. The zero-order valence-corrected chi connectivity index (χ0v) is 7.72. The Morgan fingerprint density at radius 3 is 3.46 bits per heavy atom. The minimum atomic E-state index is 0.285. The molecule has 1 aromatic rings. The summed E-state index contributed by atoms with van der Waals surface area (Å²) in [4.78, 5) is 0. The molecule has 1 unspecified atom stereocenters. The Kier molecular flexibility index (Phi) is 1.29. The normalized spacial score (nSPS) is 35.3. The molecule has 0 spiro atoms. The molecule has 1 fully saturated rings. The zero-order chi connectivity index (χ0) is 8.89. The molecule has 1 saturated heterocycles. The number of nitrogens with one attached hydrogen (secondary N) is 2. The molecule has 2 aliphatic heterocycles. The van der Waals surface area contributed by atoms with Crippen molar-refractivity contribution >= 4 is 5.69 Å². The van der Waals surface area contributed by atoms with Gasteiger partial charge in [-0.1, -0.05) is 13.0 Å². The lowest BCUT2D eigenvalue weighted by Crippen LogP contribution is -2.38. The van der Waals surface area contributed by atoms with Gasteiger partial charge in [0.25, 0.3) is 0 Å². The van der Waals surface area contributed by atoms with Gasteiger partial charge in [-0.3, -0.25) is 5.32 Å². The SMILES string of the molecule is C[C@@]12CCNC1Nc1cc[c]cc12. The van der Waals surface area contributed by atoms with E-state index < -0.39 is 0 Å². The molecule has 2 nitrogen and oxygen atoms in total. The standard InChI is InChI=1S/C11H13N2/c1-11-6-7-12-10(11)13-9-5-3-2-4-8(9)11/h3-5,10,12-13H,6-7H2,1H3/t10?,11-/m0/s1. The third-order valence-corrected chi connectivity index (χ3v) is 3.41. The van der Waals surface area contributed by atoms with E-state index in [4.69, 9.17) is 0 Å². The van der Waals surface area contributed by atoms with E-state index in [0.29, 0.717) is 6.17 Å². The van der Waals surface area contributed by atoms with Crippen LogP contribution in [0.15, 0.2) is 18.2 Å². The van der Waals surface area contributed by atoms with Crippen molar-refractivity contribution in [2.45, 2.75) is 24.9 Å². The molecule has 0 bridgehead atoms. The topological polar surface area (TPSA) is 24.1 Å². The third-order valence-electron chi connectivity index (χ3n) is 3.41. The summed E-state index contributed by atoms with van der Waals surface area (Å²) in [6.07, 6.45) is 1.65. The molecule has 1 radical (unpaired) electrons. The van der Waals surface area contributed by atoms with Gasteiger partial charge in [0.1, 0.15) is 0 Å². The lowest BCUT2D eigenvalue weighted by Gasteiger charge is -2.23. The van der Waals surface area contributed by atoms with Gasteiger partial charge < -0.3 is 5.32 Å². The van der Waals surface area contributed by atoms with E-state index in [2.05, 4.69) is 35.8 Å². The summed E-state index contributed by atoms with van der Waals surface area (Å²) in [6.45, 7) is 3.44. The van der Waals surface area contributed by atoms with Crippen LogP contribution in [0.1, 0.15) is 18.9 Å². The number of benzene rings is 1. The highest BCUT2D eigenvalue weighted by Gasteiger charge is 2.45. The average Bonchev–Trinajstić information content (AvgIpc) is 2.60. The Balaban J connectivity index is 2.17. The maximum atomic E-state index is 3.51. The summed E-state index contributed by atoms with van der Waals surface area (Å²) in [6, 6.07) is 9.36. The first-order valence-electron chi connectivity index (χ1n) is 4.81. The molecule has 2 N–H and O–H groups in total. The molecule has 13 heavy (non-hydrogen) atoms. The highest BCUT2D eigenvalue weighted by atomic mass is 15.2. The fraction of sp³-hybridized carbons (Fsp3) is 0.455. The lowest BCUT2D eigenvalue weighted by atomic mass is 9.82. The van der Waals surface area contributed by atoms with E-state index in [0.717, 1.165) is 6.54 Å². The Hall–Kier alpha value is -1.02. The van der Waals surface area contributed by atoms with Crippen molar-refractivity contribution in [3.05, 3.63) is 29.8 Å². The van der Waals surface area contributed by atoms with Gasteiger partial charge in [0, 0.05) is 11.1 Å². The van der Waals surface area contributed by atoms with Gasteiger partial charge in [-0.15, -0.1) is 0 Å². The van der Waals surface area contributed by atoms with Gasteiger partial charge in [-0.25, -0.2) is 0 Å². The predicted molar refractivity (Wildman–Crippen MR) is 52.7 cm³/mol. The van der Waals surface area contributed by atoms with Gasteiger partial charge in [0.05, 0.1) is 6.17 Å². The van der Waals surface area contributed by atoms with E-state index >= 15 is 0 Å². The van der Waals surface area contributed by atoms with Gasteiger partial charge in [0.2, 0.25) is 0 Å². The minimum Gasteiger partial charge on any atom is -0.369 e. The van der Waals surface area contributed by atoms with Gasteiger partial charge in [-0.05, 0) is 36.7 Å². The van der Waals surface area contributed by atoms with Gasteiger partial charge in [0.15, 0.2) is 0 Å². The first-order valence-corrected chi connectivity index (χ1v) is 4.81. The molecule has 0 saturated carbocycles. The minimum absolute atomic E-state index is 0.285. The van der Waals surface area contributed by atoms with Crippen LogP contribution in [0, 0.1) is 6.07 Å². The highest BCUT2D eigenvalue weighted by Crippen LogP contribution is 2.44. The molecule has 0 aromatic heterocycles. The van der Waals surface area contributed by atoms with Crippen molar-refractivity contribution in [3.8, 4) is 0 Å². The second-order valence-corrected chi connectivity index (χ2v) is 4.17. The van der Waals surface area contributed by atoms with E-state index in [-0.39, 0.29) is 5.41 Å². The van der Waals surface area contributed by atoms with Gasteiger partial charge in [-0.2, -0.15) is 0 Å². The van der Waals surface area contributed by atoms with Crippen molar-refractivity contribution in [2.75, 3.05) is 11.9 Å². The summed E-state index contributed by atoms with van der Waals surface area (Å²) < 4.78 is 0. The number of anilines is 1. The second-order valence-electron chi connectivity index (χ2n) is 4.17. The fourth-order valence-electron chi connectivity index (χ4n) is 2.53. The van der Waals surface area contributed by atoms with Crippen molar-refractivity contribution in [3.63, 3.8) is 0 Å². The molecule has 3 rings (SSSR count). The van der Waals surface area contributed by atoms with E-state index in [1.807, 2.05) is 6.07 Å². The lowest BCUT2D eigenvalue weighted by molar-refractivity contribution is 0.463. The maximum absolute atomic E-state index is 3.51. The highest BCUT2D eigenvalue weighted by molar-refractivity contribution is 5.62. The van der Waals surface area contributed by atoms with Crippen molar-refractivity contribution in [2.24, 2.45) is 0 Å². The van der Waals surface area contributed by atoms with Crippen molar-refractivity contribution < 1.29 is 0 Å². The van der Waals surface area contributed by atoms with E-state index in [1.165, 1.54) is 17.7 Å². The van der Waals surface area contributed by atoms with Crippen LogP contribution in [-0.2, 0) is 5.41 Å². The number of hydrogen-bond acceptors (Lipinski definition) is 2. The quantitative estimate of drug-likeness (QED) is 0.621. The predicted octanol–water partition coefficient (Wildman–Crippen LogP) is 1.49. The molecule has 0 amide bonds. The Morgan fingerprint density at radius 1 is 1.62 bits per heavy atom. The molecule has 2 aliphatic rings. The molecular weight excluding hydrogens is 160 g/mol. The van der Waals surface area contributed by atoms with E-state index in [9.17, 15) is 0 Å². The molecule has 0 aliphatic carbocycles. The third kappa shape index (κ3) is 0.814. The van der Waals surface area contributed by atoms with Crippen LogP contribution in [0.4, 0.5) is 5.69 Å². The maximum Gasteiger partial charge on any atom is 0.0865 e. The second kappa shape index (κ2) is 2.26. The first-order chi connectivity index (χ1) is 6.31. The van der Waals surface area contributed by atoms with Crippen LogP contribution >= 0.6 is 0 Å². The van der Waals surface area contributed by atoms with Crippen LogP contribution in [0.3, 0.4) is 0 Å². The fourth-order valence-corrected chi connectivity index (χ4v) is 2.53.